The van der Waals surface area contributed by atoms with Crippen molar-refractivity contribution in [3.8, 4) is 0 Å². The third-order valence-corrected chi connectivity index (χ3v) is 5.84. The molecule has 0 saturated heterocycles. The Balaban J connectivity index is 1.65. The van der Waals surface area contributed by atoms with Gasteiger partial charge in [0.15, 0.2) is 11.5 Å². The van der Waals surface area contributed by atoms with E-state index >= 15 is 0 Å². The first-order valence-electron chi connectivity index (χ1n) is 10.1. The zero-order chi connectivity index (χ0) is 24.5. The second-order valence-electron chi connectivity index (χ2n) is 7.31. The highest BCUT2D eigenvalue weighted by atomic mass is 32.1. The fourth-order valence-electron chi connectivity index (χ4n) is 3.24. The molecule has 0 bridgehead atoms. The molecular weight excluding hydrogens is 481 g/mol. The molecule has 1 unspecified atom stereocenters. The number of fused-ring (bicyclic) bond motifs is 1. The van der Waals surface area contributed by atoms with Crippen LogP contribution in [-0.4, -0.2) is 31.7 Å². The lowest BCUT2D eigenvalue weighted by Gasteiger charge is -2.18. The minimum atomic E-state index is -4.58. The Morgan fingerprint density at radius 2 is 1.91 bits per heavy atom. The van der Waals surface area contributed by atoms with Gasteiger partial charge in [-0.2, -0.15) is 18.2 Å². The van der Waals surface area contributed by atoms with Crippen LogP contribution >= 0.6 is 11.3 Å². The second-order valence-corrected chi connectivity index (χ2v) is 8.20. The Labute approximate surface area is 192 Å². The fraction of sp³-hybridized carbons (Fsp3) is 0.300. The summed E-state index contributed by atoms with van der Waals surface area (Å²) in [5.41, 5.74) is -0.835. The molecule has 0 radical (unpaired) electrons. The van der Waals surface area contributed by atoms with Gasteiger partial charge in [0.2, 0.25) is 5.95 Å². The molecule has 1 aromatic carbocycles. The van der Waals surface area contributed by atoms with Gasteiger partial charge in [-0.3, -0.25) is 9.89 Å². The molecule has 4 rings (SSSR count). The topological polar surface area (TPSA) is 111 Å². The quantitative estimate of drug-likeness (QED) is 0.264. The van der Waals surface area contributed by atoms with Crippen LogP contribution in [0.4, 0.5) is 33.7 Å². The van der Waals surface area contributed by atoms with E-state index in [0.717, 1.165) is 22.8 Å². The number of H-pyrrole nitrogens is 2. The van der Waals surface area contributed by atoms with E-state index in [-0.39, 0.29) is 39.8 Å². The Bertz CT molecular complexity index is 1360. The first kappa shape index (κ1) is 23.6. The van der Waals surface area contributed by atoms with Gasteiger partial charge in [-0.05, 0) is 12.5 Å². The van der Waals surface area contributed by atoms with Crippen molar-refractivity contribution in [3.63, 3.8) is 0 Å². The molecule has 0 saturated carbocycles. The molecule has 14 heteroatoms. The Morgan fingerprint density at radius 3 is 2.56 bits per heavy atom. The van der Waals surface area contributed by atoms with Crippen LogP contribution in [0.1, 0.15) is 35.8 Å². The van der Waals surface area contributed by atoms with E-state index < -0.39 is 29.5 Å². The summed E-state index contributed by atoms with van der Waals surface area (Å²) in [6.07, 6.45) is -3.86. The van der Waals surface area contributed by atoms with Crippen LogP contribution in [-0.2, 0) is 12.6 Å². The molecule has 0 spiro atoms. The summed E-state index contributed by atoms with van der Waals surface area (Å²) in [6.45, 7) is 2.01. The zero-order valence-electron chi connectivity index (χ0n) is 17.6. The number of aromatic nitrogens is 5. The number of benzene rings is 1. The number of hydrogen-bond donors (Lipinski definition) is 4. The molecule has 0 aliphatic rings. The summed E-state index contributed by atoms with van der Waals surface area (Å²) < 4.78 is 67.4. The number of nitrogens with one attached hydrogen (secondary N) is 4. The van der Waals surface area contributed by atoms with E-state index in [0.29, 0.717) is 24.6 Å². The number of aromatic amines is 2. The third kappa shape index (κ3) is 5.16. The van der Waals surface area contributed by atoms with Crippen LogP contribution in [0.25, 0.3) is 10.9 Å². The molecule has 8 nitrogen and oxygen atoms in total. The van der Waals surface area contributed by atoms with Gasteiger partial charge in [-0.15, -0.1) is 11.3 Å². The van der Waals surface area contributed by atoms with E-state index in [2.05, 4.69) is 35.8 Å². The highest BCUT2D eigenvalue weighted by Gasteiger charge is 2.34. The first-order valence-corrected chi connectivity index (χ1v) is 11.0. The summed E-state index contributed by atoms with van der Waals surface area (Å²) in [4.78, 5) is 23.3. The second kappa shape index (κ2) is 9.37. The standard InChI is InChI=1S/C20H18F5N7OS/c1-2-13(18-28-14(8-34-18)20(23,24)25)27-17-11-5-9(21)6-12(22)16(11)29-19(30-17)26-4-3-10-7-15(33)32-31-10/h5-8,13H,2-4H2,1H3,(H2,31,32,33)(H2,26,27,29,30). The molecule has 0 aliphatic heterocycles. The van der Waals surface area contributed by atoms with E-state index in [1.165, 1.54) is 6.07 Å². The van der Waals surface area contributed by atoms with E-state index in [4.69, 9.17) is 0 Å². The fourth-order valence-corrected chi connectivity index (χ4v) is 4.20. The summed E-state index contributed by atoms with van der Waals surface area (Å²) in [5.74, 6) is -1.71. The first-order chi connectivity index (χ1) is 16.1. The Morgan fingerprint density at radius 1 is 1.12 bits per heavy atom. The summed E-state index contributed by atoms with van der Waals surface area (Å²) in [7, 11) is 0. The van der Waals surface area contributed by atoms with Crippen molar-refractivity contribution in [2.45, 2.75) is 32.0 Å². The normalized spacial score (nSPS) is 12.8. The average molecular weight is 499 g/mol. The minimum Gasteiger partial charge on any atom is -0.360 e. The van der Waals surface area contributed by atoms with Crippen molar-refractivity contribution in [2.24, 2.45) is 0 Å². The van der Waals surface area contributed by atoms with Crippen molar-refractivity contribution in [1.82, 2.24) is 25.1 Å². The molecule has 3 heterocycles. The van der Waals surface area contributed by atoms with Crippen molar-refractivity contribution in [1.29, 1.82) is 0 Å². The summed E-state index contributed by atoms with van der Waals surface area (Å²) in [6, 6.07) is 2.42. The number of thiazole rings is 1. The van der Waals surface area contributed by atoms with Gasteiger partial charge in [-0.1, -0.05) is 6.92 Å². The van der Waals surface area contributed by atoms with E-state index in [1.807, 2.05) is 0 Å². The van der Waals surface area contributed by atoms with Crippen molar-refractivity contribution in [3.05, 3.63) is 62.0 Å². The van der Waals surface area contributed by atoms with Gasteiger partial charge in [0.25, 0.3) is 5.56 Å². The Kier molecular flexibility index (Phi) is 6.50. The number of nitrogens with zero attached hydrogens (tertiary/aromatic N) is 3. The number of alkyl halides is 3. The monoisotopic (exact) mass is 499 g/mol. The predicted molar refractivity (Wildman–Crippen MR) is 117 cm³/mol. The number of rotatable bonds is 8. The molecular formula is C20H18F5N7OS. The minimum absolute atomic E-state index is 0.0170. The van der Waals surface area contributed by atoms with Gasteiger partial charge >= 0.3 is 6.18 Å². The van der Waals surface area contributed by atoms with Crippen LogP contribution in [0.5, 0.6) is 0 Å². The smallest absolute Gasteiger partial charge is 0.360 e. The molecule has 4 aromatic rings. The molecule has 4 N–H and O–H groups in total. The SMILES string of the molecule is CCC(Nc1nc(NCCc2cc(=O)[nH][nH]2)nc2c(F)cc(F)cc12)c1nc(C(F)(F)F)cs1. The van der Waals surface area contributed by atoms with Crippen molar-refractivity contribution < 1.29 is 22.0 Å². The van der Waals surface area contributed by atoms with Gasteiger partial charge < -0.3 is 15.7 Å². The maximum Gasteiger partial charge on any atom is 0.434 e. The summed E-state index contributed by atoms with van der Waals surface area (Å²) in [5, 5.41) is 12.1. The largest absolute Gasteiger partial charge is 0.434 e. The van der Waals surface area contributed by atoms with Crippen molar-refractivity contribution >= 4 is 34.0 Å². The van der Waals surface area contributed by atoms with Crippen molar-refractivity contribution in [2.75, 3.05) is 17.2 Å². The van der Waals surface area contributed by atoms with Gasteiger partial charge in [-0.25, -0.2) is 18.7 Å². The third-order valence-electron chi connectivity index (χ3n) is 4.88. The highest BCUT2D eigenvalue weighted by molar-refractivity contribution is 7.09. The lowest BCUT2D eigenvalue weighted by atomic mass is 10.2. The molecule has 1 atom stereocenters. The zero-order valence-corrected chi connectivity index (χ0v) is 18.4. The van der Waals surface area contributed by atoms with Gasteiger partial charge in [0.1, 0.15) is 22.2 Å². The Hall–Kier alpha value is -3.55. The van der Waals surface area contributed by atoms with Crippen LogP contribution in [0.2, 0.25) is 0 Å². The summed E-state index contributed by atoms with van der Waals surface area (Å²) >= 11 is 0.825. The highest BCUT2D eigenvalue weighted by Crippen LogP contribution is 2.34. The maximum atomic E-state index is 14.5. The molecule has 0 amide bonds. The van der Waals surface area contributed by atoms with Gasteiger partial charge in [0.05, 0.1) is 6.04 Å². The lowest BCUT2D eigenvalue weighted by Crippen LogP contribution is -2.15. The van der Waals surface area contributed by atoms with E-state index in [9.17, 15) is 26.7 Å². The number of halogens is 5. The molecule has 34 heavy (non-hydrogen) atoms. The van der Waals surface area contributed by atoms with E-state index in [1.54, 1.807) is 6.92 Å². The van der Waals surface area contributed by atoms with Crippen LogP contribution in [0.3, 0.4) is 0 Å². The predicted octanol–water partition coefficient (Wildman–Crippen LogP) is 4.62. The lowest BCUT2D eigenvalue weighted by molar-refractivity contribution is -0.140. The molecule has 3 aromatic heterocycles. The average Bonchev–Trinajstić information content (AvgIpc) is 3.42. The molecule has 0 fully saturated rings. The van der Waals surface area contributed by atoms with Gasteiger partial charge in [0, 0.05) is 41.6 Å². The molecule has 0 aliphatic carbocycles. The van der Waals surface area contributed by atoms with Crippen LogP contribution in [0, 0.1) is 11.6 Å². The van der Waals surface area contributed by atoms with Crippen LogP contribution < -0.4 is 16.2 Å². The van der Waals surface area contributed by atoms with Crippen LogP contribution in [0.15, 0.2) is 28.4 Å². The maximum absolute atomic E-state index is 14.5. The number of anilines is 2. The number of hydrogen-bond acceptors (Lipinski definition) is 7. The molecule has 180 valence electrons.